The van der Waals surface area contributed by atoms with Gasteiger partial charge in [-0.1, -0.05) is 5.16 Å². The van der Waals surface area contributed by atoms with Gasteiger partial charge in [-0.15, -0.1) is 0 Å². The van der Waals surface area contributed by atoms with Gasteiger partial charge in [0.15, 0.2) is 0 Å². The SMILES string of the molecule is COC1(c2noc(-c3ccc(N)cc3O)n2)CCCC1. The summed E-state index contributed by atoms with van der Waals surface area (Å²) in [4.78, 5) is 4.39. The number of anilines is 1. The molecule has 1 aliphatic rings. The fraction of sp³-hybridized carbons (Fsp3) is 0.429. The summed E-state index contributed by atoms with van der Waals surface area (Å²) in [5, 5.41) is 13.9. The maximum absolute atomic E-state index is 9.90. The average molecular weight is 275 g/mol. The van der Waals surface area contributed by atoms with Crippen LogP contribution in [-0.2, 0) is 10.3 Å². The Balaban J connectivity index is 1.97. The lowest BCUT2D eigenvalue weighted by Crippen LogP contribution is -2.25. The van der Waals surface area contributed by atoms with Gasteiger partial charge in [-0.3, -0.25) is 0 Å². The van der Waals surface area contributed by atoms with E-state index in [0.717, 1.165) is 25.7 Å². The van der Waals surface area contributed by atoms with E-state index in [1.807, 2.05) is 0 Å². The zero-order chi connectivity index (χ0) is 14.2. The fourth-order valence-electron chi connectivity index (χ4n) is 2.71. The quantitative estimate of drug-likeness (QED) is 0.835. The first kappa shape index (κ1) is 12.9. The van der Waals surface area contributed by atoms with Gasteiger partial charge < -0.3 is 20.1 Å². The number of hydrogen-bond donors (Lipinski definition) is 2. The topological polar surface area (TPSA) is 94.4 Å². The number of aromatic hydroxyl groups is 1. The van der Waals surface area contributed by atoms with Gasteiger partial charge in [0.05, 0.1) is 5.56 Å². The maximum Gasteiger partial charge on any atom is 0.261 e. The molecule has 0 aliphatic heterocycles. The molecular weight excluding hydrogens is 258 g/mol. The molecule has 6 heteroatoms. The summed E-state index contributed by atoms with van der Waals surface area (Å²) >= 11 is 0. The van der Waals surface area contributed by atoms with Crippen LogP contribution < -0.4 is 5.73 Å². The van der Waals surface area contributed by atoms with Crippen molar-refractivity contribution in [3.05, 3.63) is 24.0 Å². The van der Waals surface area contributed by atoms with Crippen molar-refractivity contribution in [3.8, 4) is 17.2 Å². The highest BCUT2D eigenvalue weighted by atomic mass is 16.5. The van der Waals surface area contributed by atoms with Crippen LogP contribution in [0.3, 0.4) is 0 Å². The number of hydrogen-bond acceptors (Lipinski definition) is 6. The molecule has 0 bridgehead atoms. The normalized spacial score (nSPS) is 17.4. The minimum absolute atomic E-state index is 0.0260. The summed E-state index contributed by atoms with van der Waals surface area (Å²) < 4.78 is 10.9. The number of methoxy groups -OCH3 is 1. The second kappa shape index (κ2) is 4.79. The first-order chi connectivity index (χ1) is 9.64. The third-order valence-corrected chi connectivity index (χ3v) is 3.89. The van der Waals surface area contributed by atoms with Gasteiger partial charge >= 0.3 is 0 Å². The van der Waals surface area contributed by atoms with Gasteiger partial charge in [-0.2, -0.15) is 4.98 Å². The zero-order valence-corrected chi connectivity index (χ0v) is 11.3. The van der Waals surface area contributed by atoms with Crippen molar-refractivity contribution in [1.82, 2.24) is 10.1 Å². The lowest BCUT2D eigenvalue weighted by atomic mass is 10.0. The Hall–Kier alpha value is -2.08. The Bertz CT molecular complexity index is 618. The van der Waals surface area contributed by atoms with Crippen LogP contribution in [0.2, 0.25) is 0 Å². The number of phenolic OH excluding ortho intramolecular Hbond substituents is 1. The van der Waals surface area contributed by atoms with E-state index in [4.69, 9.17) is 15.0 Å². The Morgan fingerprint density at radius 1 is 1.35 bits per heavy atom. The molecule has 1 saturated carbocycles. The zero-order valence-electron chi connectivity index (χ0n) is 11.3. The van der Waals surface area contributed by atoms with Crippen molar-refractivity contribution in [1.29, 1.82) is 0 Å². The number of benzene rings is 1. The minimum Gasteiger partial charge on any atom is -0.507 e. The second-order valence-electron chi connectivity index (χ2n) is 5.11. The summed E-state index contributed by atoms with van der Waals surface area (Å²) in [5.41, 5.74) is 6.11. The smallest absolute Gasteiger partial charge is 0.261 e. The first-order valence-corrected chi connectivity index (χ1v) is 6.63. The molecule has 1 fully saturated rings. The highest BCUT2D eigenvalue weighted by molar-refractivity contribution is 5.66. The molecule has 20 heavy (non-hydrogen) atoms. The number of nitrogen functional groups attached to an aromatic ring is 1. The molecule has 1 heterocycles. The van der Waals surface area contributed by atoms with E-state index < -0.39 is 5.60 Å². The monoisotopic (exact) mass is 275 g/mol. The maximum atomic E-state index is 9.90. The lowest BCUT2D eigenvalue weighted by molar-refractivity contribution is -0.0178. The number of ether oxygens (including phenoxy) is 1. The van der Waals surface area contributed by atoms with Crippen molar-refractivity contribution in [2.45, 2.75) is 31.3 Å². The second-order valence-corrected chi connectivity index (χ2v) is 5.11. The van der Waals surface area contributed by atoms with E-state index in [2.05, 4.69) is 10.1 Å². The van der Waals surface area contributed by atoms with Gasteiger partial charge in [-0.25, -0.2) is 0 Å². The van der Waals surface area contributed by atoms with E-state index in [0.29, 0.717) is 17.1 Å². The summed E-state index contributed by atoms with van der Waals surface area (Å²) in [5.74, 6) is 0.850. The summed E-state index contributed by atoms with van der Waals surface area (Å²) in [6.45, 7) is 0. The van der Waals surface area contributed by atoms with Gasteiger partial charge in [0, 0.05) is 18.9 Å². The molecular formula is C14H17N3O3. The summed E-state index contributed by atoms with van der Waals surface area (Å²) in [6.07, 6.45) is 3.95. The van der Waals surface area contributed by atoms with Crippen LogP contribution in [-0.4, -0.2) is 22.4 Å². The van der Waals surface area contributed by atoms with Crippen LogP contribution in [0.15, 0.2) is 22.7 Å². The Kier molecular flexibility index (Phi) is 3.10. The summed E-state index contributed by atoms with van der Waals surface area (Å²) in [6, 6.07) is 4.80. The molecule has 106 valence electrons. The van der Waals surface area contributed by atoms with Crippen LogP contribution in [0.1, 0.15) is 31.5 Å². The number of phenols is 1. The summed E-state index contributed by atoms with van der Waals surface area (Å²) in [7, 11) is 1.67. The van der Waals surface area contributed by atoms with Crippen LogP contribution in [0, 0.1) is 0 Å². The first-order valence-electron chi connectivity index (χ1n) is 6.63. The fourth-order valence-corrected chi connectivity index (χ4v) is 2.71. The molecule has 0 radical (unpaired) electrons. The molecule has 0 spiro atoms. The molecule has 1 aliphatic carbocycles. The molecule has 0 saturated heterocycles. The molecule has 1 aromatic carbocycles. The molecule has 0 amide bonds. The average Bonchev–Trinajstić information content (AvgIpc) is 3.08. The van der Waals surface area contributed by atoms with Gasteiger partial charge in [0.1, 0.15) is 11.4 Å². The Labute approximate surface area is 116 Å². The number of aromatic nitrogens is 2. The van der Waals surface area contributed by atoms with Gasteiger partial charge in [-0.05, 0) is 37.8 Å². The van der Waals surface area contributed by atoms with E-state index in [1.54, 1.807) is 19.2 Å². The van der Waals surface area contributed by atoms with E-state index >= 15 is 0 Å². The lowest BCUT2D eigenvalue weighted by Gasteiger charge is -2.22. The van der Waals surface area contributed by atoms with Crippen molar-refractivity contribution in [3.63, 3.8) is 0 Å². The molecule has 0 atom stereocenters. The predicted molar refractivity (Wildman–Crippen MR) is 73.0 cm³/mol. The highest BCUT2D eigenvalue weighted by Crippen LogP contribution is 2.41. The van der Waals surface area contributed by atoms with Gasteiger partial charge in [0.25, 0.3) is 5.89 Å². The predicted octanol–water partition coefficient (Wildman–Crippen LogP) is 2.44. The van der Waals surface area contributed by atoms with E-state index in [9.17, 15) is 5.11 Å². The van der Waals surface area contributed by atoms with Crippen molar-refractivity contribution in [2.24, 2.45) is 0 Å². The van der Waals surface area contributed by atoms with Crippen LogP contribution in [0.25, 0.3) is 11.5 Å². The number of nitrogens with two attached hydrogens (primary N) is 1. The van der Waals surface area contributed by atoms with Crippen molar-refractivity contribution >= 4 is 5.69 Å². The number of nitrogens with zero attached hydrogens (tertiary/aromatic N) is 2. The van der Waals surface area contributed by atoms with Crippen molar-refractivity contribution in [2.75, 3.05) is 12.8 Å². The third-order valence-electron chi connectivity index (χ3n) is 3.89. The third kappa shape index (κ3) is 2.02. The standard InChI is InChI=1S/C14H17N3O3/c1-19-14(6-2-3-7-14)13-16-12(20-17-13)10-5-4-9(15)8-11(10)18/h4-5,8,18H,2-3,6-7,15H2,1H3. The van der Waals surface area contributed by atoms with Crippen LogP contribution in [0.5, 0.6) is 5.75 Å². The minimum atomic E-state index is -0.453. The highest BCUT2D eigenvalue weighted by Gasteiger charge is 2.40. The molecule has 0 unspecified atom stereocenters. The molecule has 3 rings (SSSR count). The van der Waals surface area contributed by atoms with E-state index in [-0.39, 0.29) is 11.6 Å². The van der Waals surface area contributed by atoms with Crippen LogP contribution >= 0.6 is 0 Å². The Morgan fingerprint density at radius 2 is 2.10 bits per heavy atom. The number of rotatable bonds is 3. The van der Waals surface area contributed by atoms with Crippen LogP contribution in [0.4, 0.5) is 5.69 Å². The van der Waals surface area contributed by atoms with E-state index in [1.165, 1.54) is 6.07 Å². The van der Waals surface area contributed by atoms with Gasteiger partial charge in [0.2, 0.25) is 5.82 Å². The molecule has 3 N–H and O–H groups in total. The Morgan fingerprint density at radius 3 is 2.75 bits per heavy atom. The molecule has 2 aromatic rings. The van der Waals surface area contributed by atoms with Crippen molar-refractivity contribution < 1.29 is 14.4 Å². The molecule has 6 nitrogen and oxygen atoms in total. The largest absolute Gasteiger partial charge is 0.507 e. The molecule has 1 aromatic heterocycles.